The smallest absolute Gasteiger partial charge is 0.322 e. The van der Waals surface area contributed by atoms with Gasteiger partial charge >= 0.3 is 6.03 Å². The van der Waals surface area contributed by atoms with Crippen molar-refractivity contribution >= 4 is 34.0 Å². The molecule has 0 fully saturated rings. The minimum Gasteiger partial charge on any atom is -0.495 e. The van der Waals surface area contributed by atoms with Gasteiger partial charge in [-0.2, -0.15) is 0 Å². The fourth-order valence-corrected chi connectivity index (χ4v) is 4.49. The molecule has 0 bridgehead atoms. The van der Waals surface area contributed by atoms with Crippen molar-refractivity contribution < 1.29 is 9.53 Å². The zero-order valence-electron chi connectivity index (χ0n) is 18.3. The van der Waals surface area contributed by atoms with Crippen LogP contribution in [0.5, 0.6) is 5.75 Å². The molecule has 0 atom stereocenters. The minimum absolute atomic E-state index is 0.178. The van der Waals surface area contributed by atoms with Crippen molar-refractivity contribution in [2.24, 2.45) is 0 Å². The van der Waals surface area contributed by atoms with Crippen molar-refractivity contribution in [1.82, 2.24) is 9.88 Å². The number of fused-ring (bicyclic) bond motifs is 1. The van der Waals surface area contributed by atoms with Gasteiger partial charge in [0.2, 0.25) is 0 Å². The van der Waals surface area contributed by atoms with Crippen LogP contribution in [-0.2, 0) is 13.1 Å². The summed E-state index contributed by atoms with van der Waals surface area (Å²) < 4.78 is 5.35. The molecule has 6 nitrogen and oxygen atoms in total. The molecule has 2 aromatic heterocycles. The summed E-state index contributed by atoms with van der Waals surface area (Å²) in [6.07, 6.45) is 0. The second kappa shape index (κ2) is 9.28. The van der Waals surface area contributed by atoms with Crippen LogP contribution >= 0.6 is 11.3 Å². The minimum atomic E-state index is -0.303. The van der Waals surface area contributed by atoms with Gasteiger partial charge in [-0.3, -0.25) is 4.79 Å². The van der Waals surface area contributed by atoms with Crippen molar-refractivity contribution in [2.75, 3.05) is 12.4 Å². The predicted octanol–water partition coefficient (Wildman–Crippen LogP) is 5.45. The molecule has 164 valence electrons. The number of H-pyrrole nitrogens is 1. The Kier molecular flexibility index (Phi) is 6.28. The van der Waals surface area contributed by atoms with Gasteiger partial charge < -0.3 is 19.9 Å². The summed E-state index contributed by atoms with van der Waals surface area (Å²) in [5.41, 5.74) is 3.91. The van der Waals surface area contributed by atoms with E-state index < -0.39 is 0 Å². The number of urea groups is 1. The number of carbonyl (C=O) groups excluding carboxylic acids is 1. The molecule has 4 aromatic rings. The third-order valence-electron chi connectivity index (χ3n) is 5.31. The number of hydrogen-bond acceptors (Lipinski definition) is 4. The van der Waals surface area contributed by atoms with E-state index in [4.69, 9.17) is 4.74 Å². The number of nitrogens with zero attached hydrogens (tertiary/aromatic N) is 1. The van der Waals surface area contributed by atoms with Crippen LogP contribution in [0.4, 0.5) is 10.5 Å². The number of ether oxygens (including phenoxy) is 1. The van der Waals surface area contributed by atoms with Crippen LogP contribution in [0, 0.1) is 13.8 Å². The molecule has 2 heterocycles. The lowest BCUT2D eigenvalue weighted by atomic mass is 10.0. The molecule has 0 unspecified atom stereocenters. The van der Waals surface area contributed by atoms with Crippen LogP contribution in [0.3, 0.4) is 0 Å². The number of para-hydroxylation sites is 2. The molecule has 4 rings (SSSR count). The molecule has 32 heavy (non-hydrogen) atoms. The summed E-state index contributed by atoms with van der Waals surface area (Å²) in [5, 5.41) is 5.87. The summed E-state index contributed by atoms with van der Waals surface area (Å²) >= 11 is 1.57. The highest BCUT2D eigenvalue weighted by atomic mass is 32.1. The van der Waals surface area contributed by atoms with E-state index in [0.717, 1.165) is 26.9 Å². The highest BCUT2D eigenvalue weighted by Crippen LogP contribution is 2.25. The third kappa shape index (κ3) is 4.68. The van der Waals surface area contributed by atoms with Gasteiger partial charge in [-0.05, 0) is 60.7 Å². The molecule has 2 amide bonds. The summed E-state index contributed by atoms with van der Waals surface area (Å²) in [6, 6.07) is 16.8. The van der Waals surface area contributed by atoms with E-state index in [-0.39, 0.29) is 18.1 Å². The Hall–Kier alpha value is -3.58. The first kappa shape index (κ1) is 21.6. The first-order valence-electron chi connectivity index (χ1n) is 10.3. The second-order valence-corrected chi connectivity index (χ2v) is 8.76. The number of nitrogens with one attached hydrogen (secondary N) is 2. The topological polar surface area (TPSA) is 74.4 Å². The number of aromatic nitrogens is 1. The van der Waals surface area contributed by atoms with Crippen LogP contribution < -0.4 is 15.6 Å². The van der Waals surface area contributed by atoms with Crippen LogP contribution in [-0.4, -0.2) is 23.0 Å². The lowest BCUT2D eigenvalue weighted by Gasteiger charge is -2.23. The number of aryl methyl sites for hydroxylation is 2. The summed E-state index contributed by atoms with van der Waals surface area (Å²) in [6.45, 7) is 4.60. The van der Waals surface area contributed by atoms with Gasteiger partial charge in [0, 0.05) is 21.3 Å². The van der Waals surface area contributed by atoms with Crippen molar-refractivity contribution in [2.45, 2.75) is 26.9 Å². The highest BCUT2D eigenvalue weighted by Gasteiger charge is 2.19. The maximum atomic E-state index is 13.2. The molecule has 0 aliphatic carbocycles. The fourth-order valence-electron chi connectivity index (χ4n) is 3.77. The number of amides is 2. The quantitative estimate of drug-likeness (QED) is 0.413. The van der Waals surface area contributed by atoms with Crippen LogP contribution in [0.25, 0.3) is 10.9 Å². The maximum absolute atomic E-state index is 13.2. The molecule has 2 aromatic carbocycles. The number of hydrogen-bond donors (Lipinski definition) is 2. The zero-order valence-corrected chi connectivity index (χ0v) is 19.1. The molecule has 2 N–H and O–H groups in total. The van der Waals surface area contributed by atoms with Crippen molar-refractivity contribution in [3.05, 3.63) is 91.9 Å². The molecular weight excluding hydrogens is 422 g/mol. The maximum Gasteiger partial charge on any atom is 0.322 e. The lowest BCUT2D eigenvalue weighted by Crippen LogP contribution is -2.35. The largest absolute Gasteiger partial charge is 0.495 e. The first-order chi connectivity index (χ1) is 15.4. The van der Waals surface area contributed by atoms with E-state index in [1.807, 2.05) is 55.6 Å². The molecule has 0 radical (unpaired) electrons. The van der Waals surface area contributed by atoms with E-state index in [1.54, 1.807) is 35.5 Å². The monoisotopic (exact) mass is 447 g/mol. The molecule has 0 saturated heterocycles. The van der Waals surface area contributed by atoms with E-state index in [9.17, 15) is 9.59 Å². The van der Waals surface area contributed by atoms with Gasteiger partial charge in [-0.1, -0.05) is 24.3 Å². The van der Waals surface area contributed by atoms with Gasteiger partial charge in [0.15, 0.2) is 0 Å². The van der Waals surface area contributed by atoms with E-state index in [1.165, 1.54) is 0 Å². The lowest BCUT2D eigenvalue weighted by molar-refractivity contribution is 0.206. The van der Waals surface area contributed by atoms with Gasteiger partial charge in [-0.15, -0.1) is 11.3 Å². The van der Waals surface area contributed by atoms with Crippen molar-refractivity contribution in [1.29, 1.82) is 0 Å². The van der Waals surface area contributed by atoms with Crippen LogP contribution in [0.2, 0.25) is 0 Å². The van der Waals surface area contributed by atoms with Crippen LogP contribution in [0.15, 0.2) is 64.8 Å². The van der Waals surface area contributed by atoms with E-state index in [2.05, 4.69) is 16.4 Å². The Morgan fingerprint density at radius 3 is 2.66 bits per heavy atom. The summed E-state index contributed by atoms with van der Waals surface area (Å²) in [4.78, 5) is 31.7. The number of methoxy groups -OCH3 is 1. The first-order valence-corrected chi connectivity index (χ1v) is 11.2. The molecule has 7 heteroatoms. The van der Waals surface area contributed by atoms with Crippen molar-refractivity contribution in [3.63, 3.8) is 0 Å². The normalized spacial score (nSPS) is 10.8. The Morgan fingerprint density at radius 2 is 1.91 bits per heavy atom. The average Bonchev–Trinajstić information content (AvgIpc) is 3.27. The molecular formula is C25H25N3O3S. The number of benzene rings is 2. The molecule has 0 spiro atoms. The van der Waals surface area contributed by atoms with E-state index in [0.29, 0.717) is 23.5 Å². The molecule has 0 aliphatic rings. The fraction of sp³-hybridized carbons (Fsp3) is 0.200. The SMILES string of the molecule is COc1ccccc1NC(=O)N(Cc1cccs1)Cc1cc2c(C)cc(C)cc2[nH]c1=O. The molecule has 0 saturated carbocycles. The number of pyridine rings is 1. The van der Waals surface area contributed by atoms with E-state index >= 15 is 0 Å². The summed E-state index contributed by atoms with van der Waals surface area (Å²) in [7, 11) is 1.56. The second-order valence-electron chi connectivity index (χ2n) is 7.73. The Morgan fingerprint density at radius 1 is 1.09 bits per heavy atom. The van der Waals surface area contributed by atoms with Crippen molar-refractivity contribution in [3.8, 4) is 5.75 Å². The van der Waals surface area contributed by atoms with Gasteiger partial charge in [-0.25, -0.2) is 4.79 Å². The van der Waals surface area contributed by atoms with Crippen LogP contribution in [0.1, 0.15) is 21.6 Å². The van der Waals surface area contributed by atoms with Gasteiger partial charge in [0.25, 0.3) is 5.56 Å². The number of carbonyl (C=O) groups is 1. The molecule has 0 aliphatic heterocycles. The standard InChI is InChI=1S/C25H25N3O3S/c1-16-11-17(2)20-13-18(24(29)26-22(20)12-16)14-28(15-19-7-6-10-32-19)25(30)27-21-8-4-5-9-23(21)31-3/h4-13H,14-15H2,1-3H3,(H,26,29)(H,27,30). The summed E-state index contributed by atoms with van der Waals surface area (Å²) in [5.74, 6) is 0.575. The number of thiophene rings is 1. The average molecular weight is 448 g/mol. The van der Waals surface area contributed by atoms with Gasteiger partial charge in [0.1, 0.15) is 5.75 Å². The number of anilines is 1. The Bertz CT molecular complexity index is 1310. The number of rotatable bonds is 6. The number of aromatic amines is 1. The Labute approximate surface area is 190 Å². The van der Waals surface area contributed by atoms with Gasteiger partial charge in [0.05, 0.1) is 25.9 Å². The highest BCUT2D eigenvalue weighted by molar-refractivity contribution is 7.09. The zero-order chi connectivity index (χ0) is 22.7. The predicted molar refractivity (Wildman–Crippen MR) is 130 cm³/mol. The third-order valence-corrected chi connectivity index (χ3v) is 6.17. The Balaban J connectivity index is 1.67.